The minimum Gasteiger partial charge on any atom is -0.399 e. The minimum atomic E-state index is -1.50. The molecular formula is C17H24BFO2Si. The first-order valence-electron chi connectivity index (χ1n) is 7.59. The number of rotatable bonds is 1. The number of hydrogen-bond donors (Lipinski definition) is 0. The van der Waals surface area contributed by atoms with Crippen LogP contribution in [0.4, 0.5) is 4.39 Å². The van der Waals surface area contributed by atoms with Crippen LogP contribution in [0.15, 0.2) is 18.2 Å². The highest BCUT2D eigenvalue weighted by Gasteiger charge is 2.51. The van der Waals surface area contributed by atoms with Gasteiger partial charge in [-0.2, -0.15) is 0 Å². The second-order valence-corrected chi connectivity index (χ2v) is 12.6. The third-order valence-corrected chi connectivity index (χ3v) is 4.90. The molecule has 0 aromatic heterocycles. The zero-order valence-corrected chi connectivity index (χ0v) is 15.5. The molecule has 2 rings (SSSR count). The lowest BCUT2D eigenvalue weighted by molar-refractivity contribution is 0.00578. The van der Waals surface area contributed by atoms with Crippen LogP contribution in [-0.4, -0.2) is 26.4 Å². The fraction of sp³-hybridized carbons (Fsp3) is 0.529. The van der Waals surface area contributed by atoms with Gasteiger partial charge >= 0.3 is 7.12 Å². The van der Waals surface area contributed by atoms with Crippen LogP contribution >= 0.6 is 0 Å². The summed E-state index contributed by atoms with van der Waals surface area (Å²) in [6.45, 7) is 14.4. The molecule has 1 heterocycles. The predicted molar refractivity (Wildman–Crippen MR) is 92.3 cm³/mol. The van der Waals surface area contributed by atoms with Crippen molar-refractivity contribution in [2.45, 2.75) is 58.5 Å². The molecule has 0 N–H and O–H groups in total. The van der Waals surface area contributed by atoms with Gasteiger partial charge < -0.3 is 9.31 Å². The number of benzene rings is 1. The molecule has 22 heavy (non-hydrogen) atoms. The average Bonchev–Trinajstić information content (AvgIpc) is 2.55. The molecule has 2 nitrogen and oxygen atoms in total. The van der Waals surface area contributed by atoms with Gasteiger partial charge in [0.15, 0.2) is 0 Å². The fourth-order valence-electron chi connectivity index (χ4n) is 2.06. The molecule has 1 aliphatic heterocycles. The van der Waals surface area contributed by atoms with Crippen molar-refractivity contribution in [3.05, 3.63) is 29.6 Å². The van der Waals surface area contributed by atoms with E-state index < -0.39 is 26.4 Å². The Bertz CT molecular complexity index is 622. The maximum Gasteiger partial charge on any atom is 0.494 e. The Kier molecular flexibility index (Phi) is 4.33. The molecule has 0 radical (unpaired) electrons. The standard InChI is InChI=1S/C17H24BFO2Si/c1-16(2)17(3,4)21-18(20-16)14-10-13(11-15(19)12-14)8-9-22(5,6)7/h10-12H,1-7H3. The highest BCUT2D eigenvalue weighted by Crippen LogP contribution is 2.36. The topological polar surface area (TPSA) is 18.5 Å². The largest absolute Gasteiger partial charge is 0.494 e. The van der Waals surface area contributed by atoms with E-state index in [9.17, 15) is 4.39 Å². The van der Waals surface area contributed by atoms with Crippen molar-refractivity contribution in [2.75, 3.05) is 0 Å². The second kappa shape index (κ2) is 5.52. The number of halogens is 1. The molecule has 0 bridgehead atoms. The van der Waals surface area contributed by atoms with E-state index in [0.717, 1.165) is 0 Å². The Morgan fingerprint density at radius 3 is 2.05 bits per heavy atom. The van der Waals surface area contributed by atoms with Crippen LogP contribution < -0.4 is 5.46 Å². The van der Waals surface area contributed by atoms with E-state index in [2.05, 4.69) is 31.1 Å². The van der Waals surface area contributed by atoms with Crippen LogP contribution in [0.5, 0.6) is 0 Å². The smallest absolute Gasteiger partial charge is 0.399 e. The maximum absolute atomic E-state index is 13.9. The highest BCUT2D eigenvalue weighted by atomic mass is 28.3. The molecule has 118 valence electrons. The second-order valence-electron chi connectivity index (χ2n) is 7.86. The van der Waals surface area contributed by atoms with Gasteiger partial charge in [0.05, 0.1) is 11.2 Å². The summed E-state index contributed by atoms with van der Waals surface area (Å²) in [5, 5.41) is 0. The van der Waals surface area contributed by atoms with Crippen molar-refractivity contribution in [1.29, 1.82) is 0 Å². The lowest BCUT2D eigenvalue weighted by Gasteiger charge is -2.32. The van der Waals surface area contributed by atoms with Gasteiger partial charge in [-0.1, -0.05) is 25.6 Å². The monoisotopic (exact) mass is 318 g/mol. The Morgan fingerprint density at radius 1 is 1.00 bits per heavy atom. The summed E-state index contributed by atoms with van der Waals surface area (Å²) in [5.74, 6) is 2.78. The zero-order chi connectivity index (χ0) is 16.8. The van der Waals surface area contributed by atoms with Crippen LogP contribution in [-0.2, 0) is 9.31 Å². The number of hydrogen-bond acceptors (Lipinski definition) is 2. The van der Waals surface area contributed by atoms with Crippen molar-refractivity contribution in [1.82, 2.24) is 0 Å². The molecule has 1 saturated heterocycles. The Hall–Kier alpha value is -1.09. The highest BCUT2D eigenvalue weighted by molar-refractivity contribution is 6.83. The molecule has 1 fully saturated rings. The summed E-state index contributed by atoms with van der Waals surface area (Å²) in [6.07, 6.45) is 0. The fourth-order valence-corrected chi connectivity index (χ4v) is 2.58. The molecule has 0 aliphatic carbocycles. The van der Waals surface area contributed by atoms with E-state index in [1.807, 2.05) is 33.8 Å². The van der Waals surface area contributed by atoms with Crippen molar-refractivity contribution < 1.29 is 13.7 Å². The van der Waals surface area contributed by atoms with Crippen LogP contribution in [0.25, 0.3) is 0 Å². The Balaban J connectivity index is 2.34. The molecule has 0 spiro atoms. The maximum atomic E-state index is 13.9. The Morgan fingerprint density at radius 2 is 1.55 bits per heavy atom. The summed E-state index contributed by atoms with van der Waals surface area (Å²) in [6, 6.07) is 4.78. The van der Waals surface area contributed by atoms with Crippen LogP contribution in [0.1, 0.15) is 33.3 Å². The van der Waals surface area contributed by atoms with Gasteiger partial charge in [-0.3, -0.25) is 0 Å². The first-order valence-corrected chi connectivity index (χ1v) is 11.1. The van der Waals surface area contributed by atoms with E-state index in [1.54, 1.807) is 0 Å². The molecule has 1 aromatic carbocycles. The van der Waals surface area contributed by atoms with E-state index in [4.69, 9.17) is 9.31 Å². The average molecular weight is 318 g/mol. The van der Waals surface area contributed by atoms with Crippen molar-refractivity contribution in [2.24, 2.45) is 0 Å². The molecule has 0 amide bonds. The lowest BCUT2D eigenvalue weighted by Crippen LogP contribution is -2.41. The van der Waals surface area contributed by atoms with E-state index in [0.29, 0.717) is 11.0 Å². The van der Waals surface area contributed by atoms with E-state index in [-0.39, 0.29) is 5.82 Å². The molecule has 1 aromatic rings. The van der Waals surface area contributed by atoms with Gasteiger partial charge in [-0.15, -0.1) is 5.54 Å². The zero-order valence-electron chi connectivity index (χ0n) is 14.5. The predicted octanol–water partition coefficient (Wildman–Crippen LogP) is 3.35. The van der Waals surface area contributed by atoms with Crippen molar-refractivity contribution >= 4 is 20.7 Å². The SMILES string of the molecule is CC1(C)OB(c2cc(F)cc(C#C[Si](C)(C)C)c2)OC1(C)C. The van der Waals surface area contributed by atoms with Gasteiger partial charge in [0.25, 0.3) is 0 Å². The third-order valence-electron chi connectivity index (χ3n) is 4.03. The van der Waals surface area contributed by atoms with Gasteiger partial charge in [0, 0.05) is 5.56 Å². The molecule has 0 saturated carbocycles. The quantitative estimate of drug-likeness (QED) is 0.584. The van der Waals surface area contributed by atoms with Crippen LogP contribution in [0.3, 0.4) is 0 Å². The summed E-state index contributed by atoms with van der Waals surface area (Å²) in [4.78, 5) is 0. The van der Waals surface area contributed by atoms with Crippen LogP contribution in [0.2, 0.25) is 19.6 Å². The lowest BCUT2D eigenvalue weighted by atomic mass is 9.78. The molecule has 1 aliphatic rings. The van der Waals surface area contributed by atoms with Crippen molar-refractivity contribution in [3.8, 4) is 11.5 Å². The van der Waals surface area contributed by atoms with E-state index >= 15 is 0 Å². The van der Waals surface area contributed by atoms with Crippen LogP contribution in [0, 0.1) is 17.3 Å². The molecule has 0 atom stereocenters. The molecule has 5 heteroatoms. The van der Waals surface area contributed by atoms with Gasteiger partial charge in [-0.05, 0) is 51.4 Å². The summed E-state index contributed by atoms with van der Waals surface area (Å²) in [5.41, 5.74) is 3.74. The third kappa shape index (κ3) is 3.81. The van der Waals surface area contributed by atoms with Gasteiger partial charge in [0.2, 0.25) is 0 Å². The summed E-state index contributed by atoms with van der Waals surface area (Å²) < 4.78 is 25.9. The summed E-state index contributed by atoms with van der Waals surface area (Å²) in [7, 11) is -2.06. The van der Waals surface area contributed by atoms with E-state index in [1.165, 1.54) is 12.1 Å². The first-order chi connectivity index (χ1) is 9.90. The normalized spacial score (nSPS) is 19.7. The van der Waals surface area contributed by atoms with Crippen molar-refractivity contribution in [3.63, 3.8) is 0 Å². The minimum absolute atomic E-state index is 0.313. The summed E-state index contributed by atoms with van der Waals surface area (Å²) >= 11 is 0. The molecular weight excluding hydrogens is 294 g/mol. The Labute approximate surface area is 134 Å². The van der Waals surface area contributed by atoms with Gasteiger partial charge in [0.1, 0.15) is 13.9 Å². The van der Waals surface area contributed by atoms with Gasteiger partial charge in [-0.25, -0.2) is 4.39 Å². The molecule has 0 unspecified atom stereocenters. The first kappa shape index (κ1) is 17.3.